The fraction of sp³-hybridized carbons (Fsp3) is 0.320. The highest BCUT2D eigenvalue weighted by Gasteiger charge is 2.36. The van der Waals surface area contributed by atoms with Crippen molar-refractivity contribution in [2.45, 2.75) is 44.7 Å². The van der Waals surface area contributed by atoms with Crippen LogP contribution in [0.5, 0.6) is 0 Å². The van der Waals surface area contributed by atoms with Crippen LogP contribution in [-0.4, -0.2) is 30.3 Å². The summed E-state index contributed by atoms with van der Waals surface area (Å²) < 4.78 is 5.83. The molecule has 1 aromatic carbocycles. The van der Waals surface area contributed by atoms with Gasteiger partial charge >= 0.3 is 0 Å². The second-order valence-electron chi connectivity index (χ2n) is 8.10. The zero-order chi connectivity index (χ0) is 23.2. The minimum absolute atomic E-state index is 0.0855. The van der Waals surface area contributed by atoms with E-state index in [0.717, 1.165) is 25.7 Å². The predicted molar refractivity (Wildman–Crippen MR) is 127 cm³/mol. The third-order valence-corrected chi connectivity index (χ3v) is 6.56. The van der Waals surface area contributed by atoms with Gasteiger partial charge in [0, 0.05) is 11.7 Å². The van der Waals surface area contributed by atoms with Gasteiger partial charge in [-0.3, -0.25) is 19.3 Å². The molecule has 0 bridgehead atoms. The Morgan fingerprint density at radius 3 is 2.45 bits per heavy atom. The van der Waals surface area contributed by atoms with Crippen LogP contribution in [0.2, 0.25) is 0 Å². The van der Waals surface area contributed by atoms with Crippen LogP contribution in [0.1, 0.15) is 52.9 Å². The van der Waals surface area contributed by atoms with E-state index in [2.05, 4.69) is 10.6 Å². The highest BCUT2D eigenvalue weighted by molar-refractivity contribution is 7.12. The lowest BCUT2D eigenvalue weighted by Crippen LogP contribution is -2.49. The van der Waals surface area contributed by atoms with E-state index in [1.165, 1.54) is 16.2 Å². The fourth-order valence-corrected chi connectivity index (χ4v) is 4.73. The number of para-hydroxylation sites is 1. The van der Waals surface area contributed by atoms with E-state index < -0.39 is 11.9 Å². The van der Waals surface area contributed by atoms with Crippen molar-refractivity contribution in [3.05, 3.63) is 76.4 Å². The van der Waals surface area contributed by atoms with Gasteiger partial charge in [-0.25, -0.2) is 0 Å². The quantitative estimate of drug-likeness (QED) is 0.521. The summed E-state index contributed by atoms with van der Waals surface area (Å²) in [7, 11) is 0. The Morgan fingerprint density at radius 2 is 1.82 bits per heavy atom. The number of thiophene rings is 1. The molecule has 2 aromatic heterocycles. The van der Waals surface area contributed by atoms with Gasteiger partial charge in [-0.1, -0.05) is 37.1 Å². The molecule has 0 saturated heterocycles. The zero-order valence-corrected chi connectivity index (χ0v) is 19.3. The molecule has 8 heteroatoms. The summed E-state index contributed by atoms with van der Waals surface area (Å²) in [5.41, 5.74) is 0.550. The van der Waals surface area contributed by atoms with E-state index in [0.29, 0.717) is 22.1 Å². The highest BCUT2D eigenvalue weighted by atomic mass is 32.1. The lowest BCUT2D eigenvalue weighted by molar-refractivity contribution is -0.127. The number of rotatable bonds is 8. The number of aryl methyl sites for hydroxylation is 1. The van der Waals surface area contributed by atoms with Crippen LogP contribution in [0.15, 0.2) is 64.4 Å². The average molecular weight is 466 g/mol. The lowest BCUT2D eigenvalue weighted by Gasteiger charge is -2.31. The molecule has 2 N–H and O–H groups in total. The van der Waals surface area contributed by atoms with Crippen LogP contribution >= 0.6 is 11.3 Å². The standard InChI is InChI=1S/C25H27N3O4S/c1-17-13-14-20(32-17)23(25(31)27-18-8-5-6-9-18)28(19-10-3-2-4-11-19)22(29)16-26-24(30)21-12-7-15-33-21/h2-4,7,10-15,18,23H,5-6,8-9,16H2,1H3,(H,26,30)(H,27,31)/t23-/m0/s1. The first-order valence-corrected chi connectivity index (χ1v) is 12.0. The summed E-state index contributed by atoms with van der Waals surface area (Å²) in [5.74, 6) is -0.00293. The van der Waals surface area contributed by atoms with Gasteiger partial charge in [0.1, 0.15) is 11.5 Å². The van der Waals surface area contributed by atoms with Crippen molar-refractivity contribution in [1.82, 2.24) is 10.6 Å². The molecular formula is C25H27N3O4S. The predicted octanol–water partition coefficient (Wildman–Crippen LogP) is 4.21. The summed E-state index contributed by atoms with van der Waals surface area (Å²) in [5, 5.41) is 7.58. The molecular weight excluding hydrogens is 438 g/mol. The van der Waals surface area contributed by atoms with Crippen molar-refractivity contribution in [3.63, 3.8) is 0 Å². The van der Waals surface area contributed by atoms with Crippen molar-refractivity contribution in [1.29, 1.82) is 0 Å². The molecule has 4 rings (SSSR count). The Kier molecular flexibility index (Phi) is 7.24. The van der Waals surface area contributed by atoms with Crippen LogP contribution in [0.25, 0.3) is 0 Å². The maximum atomic E-state index is 13.5. The maximum absolute atomic E-state index is 13.5. The van der Waals surface area contributed by atoms with Gasteiger partial charge in [0.15, 0.2) is 6.04 Å². The monoisotopic (exact) mass is 465 g/mol. The minimum atomic E-state index is -0.993. The largest absolute Gasteiger partial charge is 0.464 e. The molecule has 33 heavy (non-hydrogen) atoms. The zero-order valence-electron chi connectivity index (χ0n) is 18.5. The maximum Gasteiger partial charge on any atom is 0.261 e. The van der Waals surface area contributed by atoms with Crippen LogP contribution in [0.3, 0.4) is 0 Å². The van der Waals surface area contributed by atoms with E-state index in [1.807, 2.05) is 6.07 Å². The minimum Gasteiger partial charge on any atom is -0.464 e. The lowest BCUT2D eigenvalue weighted by atomic mass is 10.1. The number of nitrogens with zero attached hydrogens (tertiary/aromatic N) is 1. The Bertz CT molecular complexity index is 1090. The molecule has 172 valence electrons. The number of carbonyl (C=O) groups is 3. The van der Waals surface area contributed by atoms with E-state index >= 15 is 0 Å². The van der Waals surface area contributed by atoms with Gasteiger partial charge in [0.2, 0.25) is 5.91 Å². The molecule has 0 spiro atoms. The van der Waals surface area contributed by atoms with Gasteiger partial charge in [-0.05, 0) is 55.5 Å². The molecule has 1 atom stereocenters. The molecule has 1 fully saturated rings. The highest BCUT2D eigenvalue weighted by Crippen LogP contribution is 2.30. The fourth-order valence-electron chi connectivity index (χ4n) is 4.09. The topological polar surface area (TPSA) is 91.7 Å². The summed E-state index contributed by atoms with van der Waals surface area (Å²) in [6.45, 7) is 1.55. The molecule has 1 aliphatic carbocycles. The van der Waals surface area contributed by atoms with Gasteiger partial charge in [-0.2, -0.15) is 0 Å². The van der Waals surface area contributed by atoms with Gasteiger partial charge in [-0.15, -0.1) is 11.3 Å². The Labute approximate surface area is 196 Å². The molecule has 0 aliphatic heterocycles. The number of carbonyl (C=O) groups excluding carboxylic acids is 3. The average Bonchev–Trinajstić information content (AvgIpc) is 3.59. The van der Waals surface area contributed by atoms with Gasteiger partial charge < -0.3 is 15.1 Å². The second-order valence-corrected chi connectivity index (χ2v) is 9.05. The summed E-state index contributed by atoms with van der Waals surface area (Å²) in [4.78, 5) is 41.3. The first-order valence-electron chi connectivity index (χ1n) is 11.1. The van der Waals surface area contributed by atoms with Crippen LogP contribution in [-0.2, 0) is 9.59 Å². The Balaban J connectivity index is 1.63. The Morgan fingerprint density at radius 1 is 1.06 bits per heavy atom. The summed E-state index contributed by atoms with van der Waals surface area (Å²) >= 11 is 1.30. The number of amides is 3. The molecule has 3 amide bonds. The van der Waals surface area contributed by atoms with E-state index in [1.54, 1.807) is 60.8 Å². The van der Waals surface area contributed by atoms with Crippen molar-refractivity contribution in [3.8, 4) is 0 Å². The number of anilines is 1. The molecule has 3 aromatic rings. The van der Waals surface area contributed by atoms with E-state index in [9.17, 15) is 14.4 Å². The first-order chi connectivity index (χ1) is 16.0. The third kappa shape index (κ3) is 5.51. The third-order valence-electron chi connectivity index (χ3n) is 5.69. The van der Waals surface area contributed by atoms with Gasteiger partial charge in [0.05, 0.1) is 11.4 Å². The molecule has 1 aliphatic rings. The van der Waals surface area contributed by atoms with Gasteiger partial charge in [0.25, 0.3) is 11.8 Å². The molecule has 0 unspecified atom stereocenters. The van der Waals surface area contributed by atoms with Crippen LogP contribution < -0.4 is 15.5 Å². The number of benzene rings is 1. The number of furan rings is 1. The molecule has 0 radical (unpaired) electrons. The van der Waals surface area contributed by atoms with E-state index in [-0.39, 0.29) is 24.4 Å². The number of nitrogens with one attached hydrogen (secondary N) is 2. The van der Waals surface area contributed by atoms with Crippen molar-refractivity contribution in [2.75, 3.05) is 11.4 Å². The molecule has 1 saturated carbocycles. The van der Waals surface area contributed by atoms with Crippen molar-refractivity contribution < 1.29 is 18.8 Å². The second kappa shape index (κ2) is 10.5. The van der Waals surface area contributed by atoms with Crippen LogP contribution in [0.4, 0.5) is 5.69 Å². The molecule has 2 heterocycles. The summed E-state index contributed by atoms with van der Waals surface area (Å²) in [6, 6.07) is 15.1. The SMILES string of the molecule is Cc1ccc([C@@H](C(=O)NC2CCCC2)N(C(=O)CNC(=O)c2cccs2)c2ccccc2)o1. The smallest absolute Gasteiger partial charge is 0.261 e. The normalized spacial score (nSPS) is 14.6. The van der Waals surface area contributed by atoms with Crippen molar-refractivity contribution >= 4 is 34.7 Å². The Hall–Kier alpha value is -3.39. The van der Waals surface area contributed by atoms with Crippen molar-refractivity contribution in [2.24, 2.45) is 0 Å². The summed E-state index contributed by atoms with van der Waals surface area (Å²) in [6.07, 6.45) is 3.99. The van der Waals surface area contributed by atoms with E-state index in [4.69, 9.17) is 4.42 Å². The molecule has 7 nitrogen and oxygen atoms in total. The van der Waals surface area contributed by atoms with Crippen LogP contribution in [0, 0.1) is 6.92 Å². The first kappa shape index (κ1) is 22.8. The number of hydrogen-bond donors (Lipinski definition) is 2. The number of hydrogen-bond acceptors (Lipinski definition) is 5.